The fourth-order valence-electron chi connectivity index (χ4n) is 6.21. The van der Waals surface area contributed by atoms with Crippen molar-refractivity contribution in [1.82, 2.24) is 19.8 Å². The molecule has 8 nitrogen and oxygen atoms in total. The molecule has 39 heavy (non-hydrogen) atoms. The van der Waals surface area contributed by atoms with E-state index in [4.69, 9.17) is 0 Å². The lowest BCUT2D eigenvalue weighted by Crippen LogP contribution is -2.46. The van der Waals surface area contributed by atoms with Crippen LogP contribution in [0.25, 0.3) is 0 Å². The Balaban J connectivity index is 1.37. The summed E-state index contributed by atoms with van der Waals surface area (Å²) in [5.41, 5.74) is 6.25. The number of allylic oxidation sites excluding steroid dienone is 8. The Labute approximate surface area is 230 Å². The van der Waals surface area contributed by atoms with Crippen LogP contribution in [0.3, 0.4) is 0 Å². The van der Waals surface area contributed by atoms with Crippen LogP contribution in [-0.4, -0.2) is 56.9 Å². The van der Waals surface area contributed by atoms with Gasteiger partial charge in [-0.1, -0.05) is 37.8 Å². The van der Waals surface area contributed by atoms with Gasteiger partial charge >= 0.3 is 0 Å². The Hall–Kier alpha value is -3.49. The lowest BCUT2D eigenvalue weighted by atomic mass is 9.90. The van der Waals surface area contributed by atoms with Gasteiger partial charge < -0.3 is 9.88 Å². The molecule has 0 saturated heterocycles. The van der Waals surface area contributed by atoms with Crippen molar-refractivity contribution in [3.8, 4) is 0 Å². The van der Waals surface area contributed by atoms with Gasteiger partial charge in [-0.25, -0.2) is 10.1 Å². The first-order valence-electron chi connectivity index (χ1n) is 14.1. The molecule has 0 aromatic carbocycles. The summed E-state index contributed by atoms with van der Waals surface area (Å²) in [7, 11) is 2.08. The van der Waals surface area contributed by atoms with Gasteiger partial charge in [0, 0.05) is 37.7 Å². The number of nitrogens with one attached hydrogen (secondary N) is 1. The van der Waals surface area contributed by atoms with Crippen LogP contribution in [0.4, 0.5) is 0 Å². The second kappa shape index (κ2) is 11.7. The minimum atomic E-state index is -0.647. The number of hydrogen-bond donors (Lipinski definition) is 2. The normalized spacial score (nSPS) is 21.2. The summed E-state index contributed by atoms with van der Waals surface area (Å²) in [5.74, 6) is -0.412. The summed E-state index contributed by atoms with van der Waals surface area (Å²) < 4.78 is 2.08. The van der Waals surface area contributed by atoms with Crippen LogP contribution in [-0.2, 0) is 17.9 Å². The van der Waals surface area contributed by atoms with Crippen LogP contribution in [0.5, 0.6) is 0 Å². The summed E-state index contributed by atoms with van der Waals surface area (Å²) in [6.07, 6.45) is 17.2. The highest BCUT2D eigenvalue weighted by Gasteiger charge is 2.32. The van der Waals surface area contributed by atoms with E-state index in [0.29, 0.717) is 11.4 Å². The summed E-state index contributed by atoms with van der Waals surface area (Å²) >= 11 is 0. The third-order valence-corrected chi connectivity index (χ3v) is 8.20. The lowest BCUT2D eigenvalue weighted by molar-refractivity contribution is -0.120. The van der Waals surface area contributed by atoms with Gasteiger partial charge in [0.25, 0.3) is 11.8 Å². The molecule has 2 N–H and O–H groups in total. The van der Waals surface area contributed by atoms with Crippen LogP contribution in [0.1, 0.15) is 68.6 Å². The second-order valence-corrected chi connectivity index (χ2v) is 11.2. The molecule has 1 saturated carbocycles. The molecule has 0 radical (unpaired) electrons. The zero-order valence-corrected chi connectivity index (χ0v) is 23.2. The monoisotopic (exact) mass is 529 g/mol. The molecule has 1 aromatic heterocycles. The molecule has 206 valence electrons. The molecule has 1 atom stereocenters. The maximum atomic E-state index is 13.6. The SMILES string of the molecule is CC1=CN(O)C=C(C)C1=C1C=CC(=NC(=O)[C@@H](NC(=O)c2ccc3n2CCN(C)C3)C2CCCCCC2)C=C1. The summed E-state index contributed by atoms with van der Waals surface area (Å²) in [6, 6.07) is 3.24. The molecule has 8 heteroatoms. The topological polar surface area (TPSA) is 90.2 Å². The minimum absolute atomic E-state index is 0.0775. The first-order valence-corrected chi connectivity index (χ1v) is 14.1. The number of amides is 2. The number of hydrogen-bond acceptors (Lipinski definition) is 5. The number of hydroxylamine groups is 2. The minimum Gasteiger partial charge on any atom is -0.339 e. The average molecular weight is 530 g/mol. The van der Waals surface area contributed by atoms with E-state index in [0.717, 1.165) is 91.2 Å². The van der Waals surface area contributed by atoms with E-state index < -0.39 is 6.04 Å². The largest absolute Gasteiger partial charge is 0.339 e. The highest BCUT2D eigenvalue weighted by molar-refractivity contribution is 6.12. The van der Waals surface area contributed by atoms with Gasteiger partial charge in [-0.2, -0.15) is 0 Å². The predicted octanol–water partition coefficient (Wildman–Crippen LogP) is 4.90. The number of carbonyl (C=O) groups is 2. The lowest BCUT2D eigenvalue weighted by Gasteiger charge is -2.27. The Morgan fingerprint density at radius 1 is 0.974 bits per heavy atom. The first kappa shape index (κ1) is 27.1. The zero-order valence-electron chi connectivity index (χ0n) is 23.2. The maximum absolute atomic E-state index is 13.6. The second-order valence-electron chi connectivity index (χ2n) is 11.2. The van der Waals surface area contributed by atoms with Gasteiger partial charge in [0.2, 0.25) is 0 Å². The van der Waals surface area contributed by atoms with Gasteiger partial charge in [-0.05, 0) is 86.2 Å². The van der Waals surface area contributed by atoms with Crippen molar-refractivity contribution in [2.75, 3.05) is 13.6 Å². The van der Waals surface area contributed by atoms with Crippen LogP contribution in [0, 0.1) is 5.92 Å². The van der Waals surface area contributed by atoms with Crippen molar-refractivity contribution in [1.29, 1.82) is 0 Å². The molecule has 2 amide bonds. The number of fused-ring (bicyclic) bond motifs is 1. The number of nitrogens with zero attached hydrogens (tertiary/aromatic N) is 4. The van der Waals surface area contributed by atoms with Gasteiger partial charge in [-0.15, -0.1) is 0 Å². The summed E-state index contributed by atoms with van der Waals surface area (Å²) in [5, 5.41) is 14.0. The highest BCUT2D eigenvalue weighted by atomic mass is 16.5. The molecule has 2 aliphatic heterocycles. The molecule has 5 rings (SSSR count). The molecular weight excluding hydrogens is 490 g/mol. The Kier molecular flexibility index (Phi) is 8.14. The van der Waals surface area contributed by atoms with Gasteiger partial charge in [0.1, 0.15) is 11.7 Å². The van der Waals surface area contributed by atoms with E-state index in [9.17, 15) is 14.8 Å². The number of carbonyl (C=O) groups excluding carboxylic acids is 2. The summed E-state index contributed by atoms with van der Waals surface area (Å²) in [4.78, 5) is 33.8. The highest BCUT2D eigenvalue weighted by Crippen LogP contribution is 2.30. The van der Waals surface area contributed by atoms with Gasteiger partial charge in [0.05, 0.1) is 5.71 Å². The molecule has 2 aliphatic carbocycles. The van der Waals surface area contributed by atoms with Crippen molar-refractivity contribution < 1.29 is 14.8 Å². The quantitative estimate of drug-likeness (QED) is 0.542. The van der Waals surface area contributed by atoms with Crippen molar-refractivity contribution >= 4 is 17.5 Å². The Morgan fingerprint density at radius 2 is 1.64 bits per heavy atom. The molecule has 0 unspecified atom stereocenters. The third-order valence-electron chi connectivity index (χ3n) is 8.20. The van der Waals surface area contributed by atoms with E-state index in [1.807, 2.05) is 50.3 Å². The number of likely N-dealkylation sites (N-methyl/N-ethyl adjacent to an activating group) is 1. The fourth-order valence-corrected chi connectivity index (χ4v) is 6.21. The third kappa shape index (κ3) is 6.07. The maximum Gasteiger partial charge on any atom is 0.269 e. The molecule has 3 heterocycles. The van der Waals surface area contributed by atoms with E-state index in [2.05, 4.69) is 26.8 Å². The van der Waals surface area contributed by atoms with Gasteiger partial charge in [-0.3, -0.25) is 19.7 Å². The van der Waals surface area contributed by atoms with Crippen molar-refractivity contribution in [2.24, 2.45) is 10.9 Å². The summed E-state index contributed by atoms with van der Waals surface area (Å²) in [6.45, 7) is 6.37. The first-order chi connectivity index (χ1) is 18.8. The zero-order chi connectivity index (χ0) is 27.5. The van der Waals surface area contributed by atoms with E-state index in [1.54, 1.807) is 12.4 Å². The molecule has 1 aromatic rings. The van der Waals surface area contributed by atoms with Crippen LogP contribution in [0.15, 0.2) is 76.1 Å². The van der Waals surface area contributed by atoms with E-state index in [1.165, 1.54) is 0 Å². The Morgan fingerprint density at radius 3 is 2.31 bits per heavy atom. The average Bonchev–Trinajstić information content (AvgIpc) is 3.12. The fraction of sp³-hybridized carbons (Fsp3) is 0.452. The van der Waals surface area contributed by atoms with Crippen LogP contribution >= 0.6 is 0 Å². The van der Waals surface area contributed by atoms with Crippen molar-refractivity contribution in [3.63, 3.8) is 0 Å². The Bertz CT molecular complexity index is 1280. The van der Waals surface area contributed by atoms with E-state index >= 15 is 0 Å². The number of rotatable bonds is 4. The van der Waals surface area contributed by atoms with E-state index in [-0.39, 0.29) is 17.7 Å². The van der Waals surface area contributed by atoms with Crippen LogP contribution in [0.2, 0.25) is 0 Å². The van der Waals surface area contributed by atoms with Crippen molar-refractivity contribution in [2.45, 2.75) is 71.5 Å². The molecular formula is C31H39N5O3. The molecule has 4 aliphatic rings. The standard InChI is InChI=1S/C31H39N5O3/c1-21-18-35(39)19-22(2)28(21)23-10-12-25(13-11-23)32-31(38)29(24-8-6-4-5-7-9-24)33-30(37)27-15-14-26-20-34(3)16-17-36(26)27/h10-15,18-19,24,29,39H,4-9,16-17,20H2,1-3H3,(H,33,37)/t29-/m0/s1. The number of aromatic nitrogens is 1. The molecule has 0 bridgehead atoms. The smallest absolute Gasteiger partial charge is 0.269 e. The van der Waals surface area contributed by atoms with Crippen molar-refractivity contribution in [3.05, 3.63) is 82.5 Å². The number of aliphatic imine (C=N–C) groups is 1. The molecule has 1 fully saturated rings. The predicted molar refractivity (Wildman–Crippen MR) is 152 cm³/mol. The van der Waals surface area contributed by atoms with Crippen LogP contribution < -0.4 is 5.32 Å². The molecule has 0 spiro atoms. The van der Waals surface area contributed by atoms with Gasteiger partial charge in [0.15, 0.2) is 0 Å².